The standard InChI is InChI=1S/C16H14N2O2Si/c1-21(2,15-7-3-13(4-8-15)19-11-17)16-9-5-14(6-10-16)20-12-18/h3-10H,1-2H3. The van der Waals surface area contributed by atoms with E-state index in [1.165, 1.54) is 10.4 Å². The van der Waals surface area contributed by atoms with Crippen LogP contribution < -0.4 is 19.8 Å². The normalized spacial score (nSPS) is 10.3. The zero-order chi connectivity index (χ0) is 15.3. The van der Waals surface area contributed by atoms with Gasteiger partial charge in [-0.05, 0) is 24.3 Å². The smallest absolute Gasteiger partial charge is 0.292 e. The molecule has 0 spiro atoms. The van der Waals surface area contributed by atoms with E-state index in [0.717, 1.165) is 0 Å². The van der Waals surface area contributed by atoms with Crippen molar-refractivity contribution in [2.45, 2.75) is 13.1 Å². The first kappa shape index (κ1) is 14.6. The summed E-state index contributed by atoms with van der Waals surface area (Å²) < 4.78 is 9.59. The maximum atomic E-state index is 8.50. The van der Waals surface area contributed by atoms with Gasteiger partial charge in [-0.3, -0.25) is 0 Å². The molecule has 2 rings (SSSR count). The van der Waals surface area contributed by atoms with Gasteiger partial charge in [0.1, 0.15) is 19.6 Å². The molecule has 0 unspecified atom stereocenters. The van der Waals surface area contributed by atoms with E-state index in [2.05, 4.69) is 13.1 Å². The molecule has 0 saturated carbocycles. The number of nitrogens with zero attached hydrogens (tertiary/aromatic N) is 2. The second-order valence-electron chi connectivity index (χ2n) is 5.06. The third kappa shape index (κ3) is 3.22. The third-order valence-electron chi connectivity index (χ3n) is 3.48. The summed E-state index contributed by atoms with van der Waals surface area (Å²) in [5.41, 5.74) is 0. The quantitative estimate of drug-likeness (QED) is 0.640. The first-order valence-electron chi connectivity index (χ1n) is 6.41. The SMILES string of the molecule is C[Si](C)(c1ccc(OC#N)cc1)c1ccc(OC#N)cc1. The summed E-state index contributed by atoms with van der Waals surface area (Å²) in [4.78, 5) is 0. The molecule has 0 saturated heterocycles. The fourth-order valence-electron chi connectivity index (χ4n) is 2.15. The molecule has 0 aromatic heterocycles. The summed E-state index contributed by atoms with van der Waals surface area (Å²) in [7, 11) is -1.82. The van der Waals surface area contributed by atoms with Crippen molar-refractivity contribution >= 4 is 18.4 Å². The van der Waals surface area contributed by atoms with Gasteiger partial charge in [-0.2, -0.15) is 0 Å². The fraction of sp³-hybridized carbons (Fsp3) is 0.125. The average molecular weight is 294 g/mol. The van der Waals surface area contributed by atoms with Gasteiger partial charge in [0.25, 0.3) is 12.5 Å². The van der Waals surface area contributed by atoms with Crippen LogP contribution in [-0.2, 0) is 0 Å². The highest BCUT2D eigenvalue weighted by molar-refractivity contribution is 7.00. The molecule has 0 aliphatic rings. The van der Waals surface area contributed by atoms with E-state index in [-0.39, 0.29) is 0 Å². The second-order valence-corrected chi connectivity index (χ2v) is 9.47. The summed E-state index contributed by atoms with van der Waals surface area (Å²) in [6.45, 7) is 4.49. The minimum atomic E-state index is -1.82. The summed E-state index contributed by atoms with van der Waals surface area (Å²) >= 11 is 0. The van der Waals surface area contributed by atoms with E-state index in [1.807, 2.05) is 24.3 Å². The number of benzene rings is 2. The molecule has 0 bridgehead atoms. The van der Waals surface area contributed by atoms with Gasteiger partial charge >= 0.3 is 0 Å². The van der Waals surface area contributed by atoms with Crippen LogP contribution >= 0.6 is 0 Å². The van der Waals surface area contributed by atoms with Crippen molar-refractivity contribution in [2.24, 2.45) is 0 Å². The number of ether oxygens (including phenoxy) is 2. The summed E-state index contributed by atoms with van der Waals surface area (Å²) in [5.74, 6) is 1.09. The Hall–Kier alpha value is -2.76. The molecule has 0 radical (unpaired) electrons. The molecule has 0 aliphatic heterocycles. The van der Waals surface area contributed by atoms with E-state index >= 15 is 0 Å². The largest absolute Gasteiger partial charge is 0.388 e. The van der Waals surface area contributed by atoms with Crippen molar-refractivity contribution in [3.05, 3.63) is 48.5 Å². The van der Waals surface area contributed by atoms with Crippen LogP contribution in [0.2, 0.25) is 13.1 Å². The van der Waals surface area contributed by atoms with Crippen molar-refractivity contribution in [3.63, 3.8) is 0 Å². The van der Waals surface area contributed by atoms with Crippen molar-refractivity contribution < 1.29 is 9.47 Å². The van der Waals surface area contributed by atoms with Crippen LogP contribution in [-0.4, -0.2) is 8.07 Å². The molecule has 2 aromatic carbocycles. The highest BCUT2D eigenvalue weighted by Crippen LogP contribution is 2.13. The van der Waals surface area contributed by atoms with Crippen LogP contribution in [0.3, 0.4) is 0 Å². The van der Waals surface area contributed by atoms with Crippen molar-refractivity contribution in [1.29, 1.82) is 10.5 Å². The predicted octanol–water partition coefficient (Wildman–Crippen LogP) is 2.23. The lowest BCUT2D eigenvalue weighted by atomic mass is 10.3. The van der Waals surface area contributed by atoms with Gasteiger partial charge in [-0.1, -0.05) is 47.7 Å². The Bertz CT molecular complexity index is 634. The molecule has 0 heterocycles. The second kappa shape index (κ2) is 6.13. The van der Waals surface area contributed by atoms with Crippen molar-refractivity contribution in [3.8, 4) is 24.0 Å². The zero-order valence-corrected chi connectivity index (χ0v) is 12.8. The predicted molar refractivity (Wildman–Crippen MR) is 82.1 cm³/mol. The Morgan fingerprint density at radius 3 is 1.33 bits per heavy atom. The summed E-state index contributed by atoms with van der Waals surface area (Å²) in [6.07, 6.45) is 3.33. The van der Waals surface area contributed by atoms with Gasteiger partial charge in [0, 0.05) is 0 Å². The van der Waals surface area contributed by atoms with Gasteiger partial charge < -0.3 is 9.47 Å². The molecule has 0 amide bonds. The monoisotopic (exact) mass is 294 g/mol. The molecule has 0 aliphatic carbocycles. The average Bonchev–Trinajstić information content (AvgIpc) is 2.49. The summed E-state index contributed by atoms with van der Waals surface area (Å²) in [6, 6.07) is 15.2. The minimum absolute atomic E-state index is 0.545. The van der Waals surface area contributed by atoms with Crippen molar-refractivity contribution in [1.82, 2.24) is 0 Å². The molecular formula is C16H14N2O2Si. The van der Waals surface area contributed by atoms with Gasteiger partial charge in [0.05, 0.1) is 0 Å². The lowest BCUT2D eigenvalue weighted by Gasteiger charge is -2.23. The molecular weight excluding hydrogens is 280 g/mol. The van der Waals surface area contributed by atoms with Crippen LogP contribution in [0.5, 0.6) is 11.5 Å². The Balaban J connectivity index is 2.28. The maximum Gasteiger partial charge on any atom is 0.292 e. The third-order valence-corrected chi connectivity index (χ3v) is 7.03. The Morgan fingerprint density at radius 1 is 0.714 bits per heavy atom. The molecule has 21 heavy (non-hydrogen) atoms. The molecule has 0 N–H and O–H groups in total. The molecule has 0 fully saturated rings. The summed E-state index contributed by atoms with van der Waals surface area (Å²) in [5, 5.41) is 19.5. The minimum Gasteiger partial charge on any atom is -0.388 e. The van der Waals surface area contributed by atoms with E-state index in [4.69, 9.17) is 20.0 Å². The van der Waals surface area contributed by atoms with Gasteiger partial charge in [0.15, 0.2) is 0 Å². The van der Waals surface area contributed by atoms with Crippen LogP contribution in [0, 0.1) is 23.0 Å². The lowest BCUT2D eigenvalue weighted by molar-refractivity contribution is 0.507. The molecule has 104 valence electrons. The zero-order valence-electron chi connectivity index (χ0n) is 11.8. The van der Waals surface area contributed by atoms with Crippen LogP contribution in [0.4, 0.5) is 0 Å². The van der Waals surface area contributed by atoms with E-state index < -0.39 is 8.07 Å². The van der Waals surface area contributed by atoms with Crippen molar-refractivity contribution in [2.75, 3.05) is 0 Å². The van der Waals surface area contributed by atoms with E-state index in [0.29, 0.717) is 11.5 Å². The molecule has 2 aromatic rings. The number of nitriles is 2. The highest BCUT2D eigenvalue weighted by Gasteiger charge is 2.25. The first-order chi connectivity index (χ1) is 10.1. The molecule has 5 heteroatoms. The Labute approximate surface area is 124 Å². The first-order valence-corrected chi connectivity index (χ1v) is 9.41. The van der Waals surface area contributed by atoms with Crippen LogP contribution in [0.15, 0.2) is 48.5 Å². The topological polar surface area (TPSA) is 66.0 Å². The van der Waals surface area contributed by atoms with Gasteiger partial charge in [0.2, 0.25) is 0 Å². The Kier molecular flexibility index (Phi) is 4.27. The fourth-order valence-corrected chi connectivity index (χ4v) is 4.48. The van der Waals surface area contributed by atoms with Gasteiger partial charge in [-0.15, -0.1) is 10.5 Å². The number of hydrogen-bond donors (Lipinski definition) is 0. The van der Waals surface area contributed by atoms with E-state index in [9.17, 15) is 0 Å². The molecule has 0 atom stereocenters. The number of hydrogen-bond acceptors (Lipinski definition) is 4. The lowest BCUT2D eigenvalue weighted by Crippen LogP contribution is -2.52. The van der Waals surface area contributed by atoms with E-state index in [1.54, 1.807) is 36.8 Å². The Morgan fingerprint density at radius 2 is 1.05 bits per heavy atom. The number of rotatable bonds is 4. The van der Waals surface area contributed by atoms with Gasteiger partial charge in [-0.25, -0.2) is 0 Å². The highest BCUT2D eigenvalue weighted by atomic mass is 28.3. The van der Waals surface area contributed by atoms with Crippen LogP contribution in [0.1, 0.15) is 0 Å². The molecule has 4 nitrogen and oxygen atoms in total. The van der Waals surface area contributed by atoms with Crippen LogP contribution in [0.25, 0.3) is 0 Å². The maximum absolute atomic E-state index is 8.50.